The molecule has 0 unspecified atom stereocenters. The van der Waals surface area contributed by atoms with Crippen molar-refractivity contribution in [2.45, 2.75) is 26.2 Å². The van der Waals surface area contributed by atoms with Gasteiger partial charge in [0.05, 0.1) is 5.69 Å². The maximum atomic E-state index is 11.4. The first kappa shape index (κ1) is 14.8. The fraction of sp³-hybridized carbons (Fsp3) is 0.364. The third-order valence-corrected chi connectivity index (χ3v) is 3.53. The number of halogens is 1. The highest BCUT2D eigenvalue weighted by atomic mass is 35.7. The first-order valence-corrected chi connectivity index (χ1v) is 7.39. The number of rotatable bonds is 2. The van der Waals surface area contributed by atoms with Crippen molar-refractivity contribution in [1.82, 2.24) is 0 Å². The molecule has 0 aliphatic carbocycles. The highest BCUT2D eigenvalue weighted by molar-refractivity contribution is 8.15. The molecule has 0 aliphatic rings. The molecular weight excluding hydrogens is 278 g/mol. The average Bonchev–Trinajstić information content (AvgIpc) is 2.13. The van der Waals surface area contributed by atoms with E-state index in [1.165, 1.54) is 6.07 Å². The Bertz CT molecular complexity index is 563. The SMILES string of the molecule is CC(C)(C)c1ccccc1N(C(=O)O)S(=O)(=O)Cl. The highest BCUT2D eigenvalue weighted by Gasteiger charge is 2.31. The third kappa shape index (κ3) is 3.14. The van der Waals surface area contributed by atoms with Gasteiger partial charge >= 0.3 is 15.3 Å². The van der Waals surface area contributed by atoms with Gasteiger partial charge in [0.15, 0.2) is 0 Å². The van der Waals surface area contributed by atoms with Crippen LogP contribution in [0, 0.1) is 0 Å². The zero-order valence-electron chi connectivity index (χ0n) is 10.2. The van der Waals surface area contributed by atoms with Crippen LogP contribution in [0.5, 0.6) is 0 Å². The zero-order chi connectivity index (χ0) is 14.1. The van der Waals surface area contributed by atoms with Gasteiger partial charge in [-0.3, -0.25) is 0 Å². The lowest BCUT2D eigenvalue weighted by atomic mass is 9.86. The molecule has 1 aromatic rings. The summed E-state index contributed by atoms with van der Waals surface area (Å²) in [5.74, 6) is 0. The van der Waals surface area contributed by atoms with E-state index in [2.05, 4.69) is 0 Å². The minimum atomic E-state index is -4.39. The van der Waals surface area contributed by atoms with Crippen molar-refractivity contribution < 1.29 is 18.3 Å². The summed E-state index contributed by atoms with van der Waals surface area (Å²) in [4.78, 5) is 11.1. The summed E-state index contributed by atoms with van der Waals surface area (Å²) in [7, 11) is 0.774. The standard InChI is InChI=1S/C11H14ClNO4S/c1-11(2,3)8-6-4-5-7-9(8)13(10(14)15)18(12,16)17/h4-7H,1-3H3,(H,14,15). The quantitative estimate of drug-likeness (QED) is 0.850. The summed E-state index contributed by atoms with van der Waals surface area (Å²) < 4.78 is 22.9. The number of amides is 1. The van der Waals surface area contributed by atoms with E-state index in [1.54, 1.807) is 18.2 Å². The topological polar surface area (TPSA) is 74.7 Å². The van der Waals surface area contributed by atoms with Gasteiger partial charge in [-0.15, -0.1) is 0 Å². The van der Waals surface area contributed by atoms with Gasteiger partial charge in [0.2, 0.25) is 0 Å². The van der Waals surface area contributed by atoms with Gasteiger partial charge in [-0.25, -0.2) is 4.79 Å². The minimum Gasteiger partial charge on any atom is -0.464 e. The molecule has 5 nitrogen and oxygen atoms in total. The van der Waals surface area contributed by atoms with Gasteiger partial charge in [0.1, 0.15) is 0 Å². The van der Waals surface area contributed by atoms with Crippen molar-refractivity contribution in [1.29, 1.82) is 0 Å². The van der Waals surface area contributed by atoms with E-state index < -0.39 is 20.7 Å². The van der Waals surface area contributed by atoms with Crippen molar-refractivity contribution in [3.05, 3.63) is 29.8 Å². The Balaban J connectivity index is 3.54. The largest absolute Gasteiger partial charge is 0.464 e. The number of carbonyl (C=O) groups is 1. The van der Waals surface area contributed by atoms with E-state index in [9.17, 15) is 13.2 Å². The van der Waals surface area contributed by atoms with Gasteiger partial charge in [0, 0.05) is 10.7 Å². The van der Waals surface area contributed by atoms with Crippen LogP contribution in [-0.4, -0.2) is 19.6 Å². The molecule has 0 spiro atoms. The molecule has 0 radical (unpaired) electrons. The number of anilines is 1. The lowest BCUT2D eigenvalue weighted by Gasteiger charge is -2.26. The maximum Gasteiger partial charge on any atom is 0.426 e. The molecule has 1 rings (SSSR count). The van der Waals surface area contributed by atoms with Crippen molar-refractivity contribution >= 4 is 31.7 Å². The van der Waals surface area contributed by atoms with Gasteiger partial charge in [-0.2, -0.15) is 12.7 Å². The number of hydrogen-bond donors (Lipinski definition) is 1. The van der Waals surface area contributed by atoms with E-state index in [-0.39, 0.29) is 9.99 Å². The van der Waals surface area contributed by atoms with E-state index in [0.29, 0.717) is 5.56 Å². The van der Waals surface area contributed by atoms with E-state index in [0.717, 1.165) is 0 Å². The molecule has 0 fully saturated rings. The van der Waals surface area contributed by atoms with Crippen LogP contribution in [0.4, 0.5) is 10.5 Å². The van der Waals surface area contributed by atoms with Gasteiger partial charge < -0.3 is 5.11 Å². The van der Waals surface area contributed by atoms with E-state index in [1.807, 2.05) is 20.8 Å². The molecule has 0 bridgehead atoms. The van der Waals surface area contributed by atoms with Crippen LogP contribution in [0.2, 0.25) is 0 Å². The fourth-order valence-corrected chi connectivity index (χ4v) is 2.58. The summed E-state index contributed by atoms with van der Waals surface area (Å²) >= 11 is 0. The normalized spacial score (nSPS) is 12.2. The maximum absolute atomic E-state index is 11.4. The third-order valence-electron chi connectivity index (χ3n) is 2.32. The minimum absolute atomic E-state index is 0.0486. The molecule has 0 saturated heterocycles. The summed E-state index contributed by atoms with van der Waals surface area (Å²) in [5.41, 5.74) is 0.218. The summed E-state index contributed by atoms with van der Waals surface area (Å²) in [6.45, 7) is 5.56. The smallest absolute Gasteiger partial charge is 0.426 e. The first-order chi connectivity index (χ1) is 8.05. The molecule has 1 aromatic carbocycles. The van der Waals surface area contributed by atoms with Gasteiger partial charge in [-0.1, -0.05) is 39.0 Å². The zero-order valence-corrected chi connectivity index (χ0v) is 11.8. The Morgan fingerprint density at radius 3 is 2.17 bits per heavy atom. The Hall–Kier alpha value is -1.27. The molecule has 0 aromatic heterocycles. The Labute approximate surface area is 111 Å². The molecule has 0 heterocycles. The molecule has 0 atom stereocenters. The van der Waals surface area contributed by atoms with Crippen molar-refractivity contribution in [3.63, 3.8) is 0 Å². The Kier molecular flexibility index (Phi) is 3.92. The van der Waals surface area contributed by atoms with Crippen LogP contribution < -0.4 is 4.31 Å². The lowest BCUT2D eigenvalue weighted by molar-refractivity contribution is 0.206. The monoisotopic (exact) mass is 291 g/mol. The fourth-order valence-electron chi connectivity index (χ4n) is 1.60. The Morgan fingerprint density at radius 2 is 1.78 bits per heavy atom. The number of benzene rings is 1. The van der Waals surface area contributed by atoms with Crippen LogP contribution in [0.3, 0.4) is 0 Å². The average molecular weight is 292 g/mol. The number of hydrogen-bond acceptors (Lipinski definition) is 3. The molecule has 18 heavy (non-hydrogen) atoms. The van der Waals surface area contributed by atoms with Crippen molar-refractivity contribution in [2.75, 3.05) is 4.31 Å². The number of nitrogens with zero attached hydrogens (tertiary/aromatic N) is 1. The van der Waals surface area contributed by atoms with Gasteiger partial charge in [0.25, 0.3) is 0 Å². The molecular formula is C11H14ClNO4S. The van der Waals surface area contributed by atoms with E-state index in [4.69, 9.17) is 15.8 Å². The first-order valence-electron chi connectivity index (χ1n) is 5.12. The second-order valence-corrected chi connectivity index (χ2v) is 7.12. The lowest BCUT2D eigenvalue weighted by Crippen LogP contribution is -2.34. The highest BCUT2D eigenvalue weighted by Crippen LogP contribution is 2.33. The van der Waals surface area contributed by atoms with Crippen LogP contribution >= 0.6 is 10.7 Å². The van der Waals surface area contributed by atoms with Crippen LogP contribution in [0.15, 0.2) is 24.3 Å². The van der Waals surface area contributed by atoms with Crippen molar-refractivity contribution in [2.24, 2.45) is 0 Å². The Morgan fingerprint density at radius 1 is 1.28 bits per heavy atom. The molecule has 1 amide bonds. The molecule has 1 N–H and O–H groups in total. The van der Waals surface area contributed by atoms with Crippen LogP contribution in [0.25, 0.3) is 0 Å². The number of carboxylic acid groups (broad SMARTS) is 1. The predicted molar refractivity (Wildman–Crippen MR) is 70.4 cm³/mol. The molecule has 7 heteroatoms. The van der Waals surface area contributed by atoms with Crippen LogP contribution in [-0.2, 0) is 14.7 Å². The predicted octanol–water partition coefficient (Wildman–Crippen LogP) is 2.95. The second-order valence-electron chi connectivity index (χ2n) is 4.76. The molecule has 0 aliphatic heterocycles. The molecule has 0 saturated carbocycles. The van der Waals surface area contributed by atoms with Gasteiger partial charge in [-0.05, 0) is 17.0 Å². The molecule has 100 valence electrons. The van der Waals surface area contributed by atoms with Crippen LogP contribution in [0.1, 0.15) is 26.3 Å². The summed E-state index contributed by atoms with van der Waals surface area (Å²) in [5, 5.41) is 9.01. The van der Waals surface area contributed by atoms with E-state index >= 15 is 0 Å². The number of para-hydroxylation sites is 1. The van der Waals surface area contributed by atoms with Crippen molar-refractivity contribution in [3.8, 4) is 0 Å². The summed E-state index contributed by atoms with van der Waals surface area (Å²) in [6.07, 6.45) is -1.64. The summed E-state index contributed by atoms with van der Waals surface area (Å²) in [6, 6.07) is 6.36. The second kappa shape index (κ2) is 4.78.